The van der Waals surface area contributed by atoms with E-state index in [0.29, 0.717) is 25.2 Å². The molecule has 2 aliphatic heterocycles. The Morgan fingerprint density at radius 3 is 2.71 bits per heavy atom. The van der Waals surface area contributed by atoms with E-state index in [1.807, 2.05) is 0 Å². The number of hydrogen-bond donors (Lipinski definition) is 0. The molecule has 0 N–H and O–H groups in total. The van der Waals surface area contributed by atoms with Crippen molar-refractivity contribution in [2.24, 2.45) is 13.0 Å². The molecular formula is C25H29FN4O5. The Balaban J connectivity index is 1.59. The Kier molecular flexibility index (Phi) is 7.11. The minimum atomic E-state index is -1.64. The number of nitrogens with zero attached hydrogens (tertiary/aromatic N) is 4. The molecule has 35 heavy (non-hydrogen) atoms. The third-order valence-electron chi connectivity index (χ3n) is 6.96. The molecule has 186 valence electrons. The second kappa shape index (κ2) is 10.1. The molecule has 2 fully saturated rings. The quantitative estimate of drug-likeness (QED) is 0.418. The van der Waals surface area contributed by atoms with Crippen molar-refractivity contribution in [3.63, 3.8) is 0 Å². The highest BCUT2D eigenvalue weighted by Gasteiger charge is 2.55. The Hall–Kier alpha value is -3.40. The van der Waals surface area contributed by atoms with E-state index in [9.17, 15) is 23.6 Å². The van der Waals surface area contributed by atoms with Crippen molar-refractivity contribution in [1.82, 2.24) is 19.4 Å². The lowest BCUT2D eigenvalue weighted by Gasteiger charge is -2.35. The van der Waals surface area contributed by atoms with Gasteiger partial charge in [-0.15, -0.1) is 0 Å². The lowest BCUT2D eigenvalue weighted by Crippen LogP contribution is -2.47. The van der Waals surface area contributed by atoms with Crippen LogP contribution in [0, 0.1) is 11.7 Å². The molecule has 0 saturated carbocycles. The molecule has 3 amide bonds. The highest BCUT2D eigenvalue weighted by atomic mass is 19.1. The van der Waals surface area contributed by atoms with E-state index in [4.69, 9.17) is 4.74 Å². The summed E-state index contributed by atoms with van der Waals surface area (Å²) in [7, 11) is 3.19. The number of ketones is 1. The summed E-state index contributed by atoms with van der Waals surface area (Å²) in [5.41, 5.74) is -1.60. The fourth-order valence-corrected chi connectivity index (χ4v) is 5.08. The van der Waals surface area contributed by atoms with Gasteiger partial charge in [0.2, 0.25) is 23.5 Å². The van der Waals surface area contributed by atoms with Gasteiger partial charge in [-0.2, -0.15) is 0 Å². The zero-order chi connectivity index (χ0) is 25.2. The lowest BCUT2D eigenvalue weighted by atomic mass is 9.75. The lowest BCUT2D eigenvalue weighted by molar-refractivity contribution is -0.143. The summed E-state index contributed by atoms with van der Waals surface area (Å²) in [6.07, 6.45) is 3.82. The van der Waals surface area contributed by atoms with Crippen LogP contribution in [0.3, 0.4) is 0 Å². The number of benzene rings is 1. The van der Waals surface area contributed by atoms with Crippen molar-refractivity contribution < 1.29 is 28.3 Å². The maximum absolute atomic E-state index is 14.9. The van der Waals surface area contributed by atoms with Crippen LogP contribution in [0.15, 0.2) is 36.7 Å². The standard InChI is InChI=1S/C25H29FN4O5/c1-28-11-9-27-23(28)22(33)17-6-5-10-29(16-17)20(31)14-25(18-7-3-4-8-19(18)26)15-21(32)30(24(25)34)12-13-35-2/h3-4,7-9,11,17H,5-6,10,12-16H2,1-2H3/t17-,25+/m1/s1. The predicted octanol–water partition coefficient (Wildman–Crippen LogP) is 1.71. The van der Waals surface area contributed by atoms with E-state index in [0.717, 1.165) is 4.90 Å². The number of ether oxygens (including phenoxy) is 1. The number of piperidine rings is 1. The van der Waals surface area contributed by atoms with Gasteiger partial charge in [-0.3, -0.25) is 24.1 Å². The number of aromatic nitrogens is 2. The highest BCUT2D eigenvalue weighted by Crippen LogP contribution is 2.41. The van der Waals surface area contributed by atoms with E-state index in [1.54, 1.807) is 35.0 Å². The summed E-state index contributed by atoms with van der Waals surface area (Å²) in [6, 6.07) is 5.76. The number of likely N-dealkylation sites (tertiary alicyclic amines) is 2. The molecule has 1 aromatic heterocycles. The Morgan fingerprint density at radius 1 is 1.26 bits per heavy atom. The number of Topliss-reactive ketones (excluding diaryl/α,β-unsaturated/α-hetero) is 1. The molecule has 2 atom stereocenters. The second-order valence-electron chi connectivity index (χ2n) is 9.16. The molecule has 0 unspecified atom stereocenters. The van der Waals surface area contributed by atoms with Crippen molar-refractivity contribution >= 4 is 23.5 Å². The number of amides is 3. The molecule has 3 heterocycles. The minimum absolute atomic E-state index is 0.0303. The van der Waals surface area contributed by atoms with E-state index >= 15 is 0 Å². The molecule has 2 aliphatic rings. The number of hydrogen-bond acceptors (Lipinski definition) is 6. The first-order chi connectivity index (χ1) is 16.8. The fraction of sp³-hybridized carbons (Fsp3) is 0.480. The van der Waals surface area contributed by atoms with Crippen LogP contribution in [0.2, 0.25) is 0 Å². The molecule has 0 radical (unpaired) electrons. The monoisotopic (exact) mass is 484 g/mol. The topological polar surface area (TPSA) is 102 Å². The number of carbonyl (C=O) groups is 4. The molecule has 4 rings (SSSR count). The highest BCUT2D eigenvalue weighted by molar-refractivity contribution is 6.10. The maximum atomic E-state index is 14.9. The van der Waals surface area contributed by atoms with Crippen LogP contribution in [-0.2, 0) is 31.6 Å². The number of methoxy groups -OCH3 is 1. The Morgan fingerprint density at radius 2 is 2.03 bits per heavy atom. The van der Waals surface area contributed by atoms with Gasteiger partial charge in [-0.1, -0.05) is 18.2 Å². The van der Waals surface area contributed by atoms with Crippen molar-refractivity contribution in [2.45, 2.75) is 31.1 Å². The zero-order valence-corrected chi connectivity index (χ0v) is 19.9. The first kappa shape index (κ1) is 24.7. The van der Waals surface area contributed by atoms with Crippen LogP contribution in [0.25, 0.3) is 0 Å². The summed E-state index contributed by atoms with van der Waals surface area (Å²) < 4.78 is 21.6. The number of aryl methyl sites for hydroxylation is 1. The average Bonchev–Trinajstić information content (AvgIpc) is 3.38. The number of rotatable bonds is 8. The first-order valence-corrected chi connectivity index (χ1v) is 11.7. The molecule has 2 saturated heterocycles. The maximum Gasteiger partial charge on any atom is 0.241 e. The van der Waals surface area contributed by atoms with Crippen LogP contribution < -0.4 is 0 Å². The van der Waals surface area contributed by atoms with Gasteiger partial charge in [0.15, 0.2) is 5.82 Å². The van der Waals surface area contributed by atoms with Gasteiger partial charge in [0, 0.05) is 64.0 Å². The summed E-state index contributed by atoms with van der Waals surface area (Å²) >= 11 is 0. The molecule has 0 spiro atoms. The van der Waals surface area contributed by atoms with Gasteiger partial charge < -0.3 is 14.2 Å². The number of imide groups is 1. The van der Waals surface area contributed by atoms with Crippen LogP contribution in [-0.4, -0.2) is 76.2 Å². The molecule has 2 aromatic rings. The molecular weight excluding hydrogens is 455 g/mol. The molecule has 1 aromatic carbocycles. The van der Waals surface area contributed by atoms with E-state index < -0.39 is 29.0 Å². The van der Waals surface area contributed by atoms with Crippen molar-refractivity contribution in [3.05, 3.63) is 53.9 Å². The average molecular weight is 485 g/mol. The van der Waals surface area contributed by atoms with E-state index in [2.05, 4.69) is 4.98 Å². The van der Waals surface area contributed by atoms with Gasteiger partial charge in [0.25, 0.3) is 0 Å². The van der Waals surface area contributed by atoms with Crippen molar-refractivity contribution in [2.75, 3.05) is 33.4 Å². The molecule has 9 nitrogen and oxygen atoms in total. The van der Waals surface area contributed by atoms with E-state index in [-0.39, 0.29) is 49.8 Å². The predicted molar refractivity (Wildman–Crippen MR) is 123 cm³/mol. The molecule has 0 aliphatic carbocycles. The second-order valence-corrected chi connectivity index (χ2v) is 9.16. The van der Waals surface area contributed by atoms with Gasteiger partial charge >= 0.3 is 0 Å². The largest absolute Gasteiger partial charge is 0.383 e. The number of imidazole rings is 1. The third kappa shape index (κ3) is 4.62. The normalized spacial score (nSPS) is 22.7. The summed E-state index contributed by atoms with van der Waals surface area (Å²) in [5.74, 6) is -2.33. The van der Waals surface area contributed by atoms with E-state index in [1.165, 1.54) is 25.3 Å². The summed E-state index contributed by atoms with van der Waals surface area (Å²) in [5, 5.41) is 0. The smallest absolute Gasteiger partial charge is 0.241 e. The fourth-order valence-electron chi connectivity index (χ4n) is 5.08. The van der Waals surface area contributed by atoms with Crippen LogP contribution in [0.5, 0.6) is 0 Å². The Bertz CT molecular complexity index is 1150. The van der Waals surface area contributed by atoms with Crippen molar-refractivity contribution in [1.29, 1.82) is 0 Å². The van der Waals surface area contributed by atoms with Crippen LogP contribution in [0.4, 0.5) is 4.39 Å². The number of halogens is 1. The molecule has 10 heteroatoms. The van der Waals surface area contributed by atoms with Gasteiger partial charge in [-0.25, -0.2) is 9.37 Å². The van der Waals surface area contributed by atoms with Gasteiger partial charge in [0.05, 0.1) is 18.6 Å². The summed E-state index contributed by atoms with van der Waals surface area (Å²) in [6.45, 7) is 0.782. The Labute approximate surface area is 202 Å². The minimum Gasteiger partial charge on any atom is -0.383 e. The first-order valence-electron chi connectivity index (χ1n) is 11.7. The van der Waals surface area contributed by atoms with Crippen molar-refractivity contribution in [3.8, 4) is 0 Å². The van der Waals surface area contributed by atoms with Gasteiger partial charge in [0.1, 0.15) is 5.82 Å². The SMILES string of the molecule is COCCN1C(=O)C[C@@](CC(=O)N2CCC[C@@H](C(=O)c3nccn3C)C2)(c2ccccc2F)C1=O. The van der Waals surface area contributed by atoms with Gasteiger partial charge in [-0.05, 0) is 18.9 Å². The molecule has 0 bridgehead atoms. The van der Waals surface area contributed by atoms with Crippen LogP contribution >= 0.6 is 0 Å². The third-order valence-corrected chi connectivity index (χ3v) is 6.96. The zero-order valence-electron chi connectivity index (χ0n) is 19.9. The van der Waals surface area contributed by atoms with Crippen LogP contribution in [0.1, 0.15) is 41.9 Å². The summed E-state index contributed by atoms with van der Waals surface area (Å²) in [4.78, 5) is 59.5. The number of carbonyl (C=O) groups excluding carboxylic acids is 4.